The summed E-state index contributed by atoms with van der Waals surface area (Å²) in [5, 5.41) is 0. The lowest BCUT2D eigenvalue weighted by molar-refractivity contribution is 0.163. The van der Waals surface area contributed by atoms with Gasteiger partial charge in [-0.15, -0.1) is 0 Å². The molecule has 0 atom stereocenters. The van der Waals surface area contributed by atoms with Crippen LogP contribution in [0.25, 0.3) is 0 Å². The predicted molar refractivity (Wildman–Crippen MR) is 31.9 cm³/mol. The first-order valence-electron chi connectivity index (χ1n) is 2.78. The molecule has 2 heteroatoms. The fraction of sp³-hybridized carbons (Fsp3) is 1.00. The zero-order valence-corrected chi connectivity index (χ0v) is 5.74. The highest BCUT2D eigenvalue weighted by molar-refractivity contribution is 6.57. The van der Waals surface area contributed by atoms with Crippen LogP contribution in [0, 0.1) is 0 Å². The maximum Gasteiger partial charge on any atom is 0.0774 e. The molecule has 41 valence electrons. The lowest BCUT2D eigenvalue weighted by Gasteiger charge is -2.15. The van der Waals surface area contributed by atoms with E-state index in [0.717, 1.165) is 12.8 Å². The molecule has 0 unspecified atom stereocenters. The van der Waals surface area contributed by atoms with Gasteiger partial charge in [-0.05, 0) is 6.42 Å². The fourth-order valence-electron chi connectivity index (χ4n) is 0.795. The van der Waals surface area contributed by atoms with E-state index in [1.54, 1.807) is 0 Å². The van der Waals surface area contributed by atoms with E-state index < -0.39 is 0 Å². The Labute approximate surface area is 46.3 Å². The van der Waals surface area contributed by atoms with Gasteiger partial charge in [0, 0.05) is 12.8 Å². The summed E-state index contributed by atoms with van der Waals surface area (Å²) in [6.07, 6.45) is 2.40. The molecule has 0 N–H and O–H groups in total. The molecule has 0 aromatic carbocycles. The van der Waals surface area contributed by atoms with Crippen molar-refractivity contribution < 1.29 is 4.74 Å². The third-order valence-electron chi connectivity index (χ3n) is 1.24. The minimum Gasteiger partial charge on any atom is -0.385 e. The van der Waals surface area contributed by atoms with Crippen molar-refractivity contribution in [1.29, 1.82) is 0 Å². The van der Waals surface area contributed by atoms with Gasteiger partial charge in [-0.25, -0.2) is 0 Å². The van der Waals surface area contributed by atoms with Gasteiger partial charge in [0.15, 0.2) is 0 Å². The Bertz CT molecular complexity index is 50.0. The Hall–Kier alpha value is 0.177. The maximum atomic E-state index is 5.23. The van der Waals surface area contributed by atoms with Crippen LogP contribution in [0.5, 0.6) is 0 Å². The second-order valence-corrected chi connectivity index (χ2v) is 4.82. The van der Waals surface area contributed by atoms with Crippen molar-refractivity contribution in [3.63, 3.8) is 0 Å². The molecule has 0 bridgehead atoms. The molecule has 0 saturated carbocycles. The van der Waals surface area contributed by atoms with Crippen LogP contribution in [-0.4, -0.2) is 21.6 Å². The van der Waals surface area contributed by atoms with E-state index in [0.29, 0.717) is 0 Å². The highest BCUT2D eigenvalue weighted by Crippen LogP contribution is 2.04. The van der Waals surface area contributed by atoms with E-state index in [2.05, 4.69) is 6.55 Å². The van der Waals surface area contributed by atoms with Gasteiger partial charge in [-0.2, -0.15) is 0 Å². The van der Waals surface area contributed by atoms with Crippen molar-refractivity contribution in [2.75, 3.05) is 12.8 Å². The van der Waals surface area contributed by atoms with E-state index in [4.69, 9.17) is 4.74 Å². The van der Waals surface area contributed by atoms with Gasteiger partial charge in [0.25, 0.3) is 0 Å². The molecular weight excluding hydrogens is 104 g/mol. The molecular formula is C5H11OSi. The number of hydrogen-bond donors (Lipinski definition) is 0. The van der Waals surface area contributed by atoms with Crippen molar-refractivity contribution >= 4 is 8.80 Å². The second kappa shape index (κ2) is 2.48. The first-order chi connectivity index (χ1) is 3.39. The molecule has 7 heavy (non-hydrogen) atoms. The van der Waals surface area contributed by atoms with Crippen molar-refractivity contribution in [1.82, 2.24) is 0 Å². The maximum absolute atomic E-state index is 5.23. The first-order valence-corrected chi connectivity index (χ1v) is 5.20. The van der Waals surface area contributed by atoms with Gasteiger partial charge in [0.2, 0.25) is 0 Å². The first kappa shape index (κ1) is 5.32. The molecule has 1 heterocycles. The van der Waals surface area contributed by atoms with Gasteiger partial charge in [0.05, 0.1) is 8.80 Å². The monoisotopic (exact) mass is 115 g/mol. The molecule has 1 aliphatic heterocycles. The van der Waals surface area contributed by atoms with Gasteiger partial charge < -0.3 is 4.74 Å². The number of hydrogen-bond acceptors (Lipinski definition) is 1. The zero-order valence-electron chi connectivity index (χ0n) is 4.74. The minimum absolute atomic E-state index is 0.0153. The van der Waals surface area contributed by atoms with Crippen molar-refractivity contribution in [3.05, 3.63) is 0 Å². The Kier molecular flexibility index (Phi) is 1.88. The highest BCUT2D eigenvalue weighted by Gasteiger charge is 2.08. The van der Waals surface area contributed by atoms with Crippen LogP contribution in [0.15, 0.2) is 0 Å². The van der Waals surface area contributed by atoms with Crippen LogP contribution >= 0.6 is 0 Å². The SMILES string of the molecule is C[Si]1CCCOC1. The standard InChI is InChI=1S/C5H11OSi/c1-7-4-2-3-6-5-7/h2-5H2,1H3. The Morgan fingerprint density at radius 2 is 2.43 bits per heavy atom. The quantitative estimate of drug-likeness (QED) is 0.429. The summed E-state index contributed by atoms with van der Waals surface area (Å²) >= 11 is 0. The summed E-state index contributed by atoms with van der Waals surface area (Å²) in [4.78, 5) is 0. The average molecular weight is 115 g/mol. The van der Waals surface area contributed by atoms with E-state index in [1.165, 1.54) is 12.5 Å². The molecule has 1 nitrogen and oxygen atoms in total. The van der Waals surface area contributed by atoms with E-state index in [9.17, 15) is 0 Å². The van der Waals surface area contributed by atoms with E-state index >= 15 is 0 Å². The average Bonchev–Trinajstić information content (AvgIpc) is 1.69. The molecule has 1 saturated heterocycles. The van der Waals surface area contributed by atoms with Crippen molar-refractivity contribution in [3.8, 4) is 0 Å². The molecule has 0 aromatic heterocycles. The Morgan fingerprint density at radius 1 is 1.57 bits per heavy atom. The van der Waals surface area contributed by atoms with Crippen LogP contribution in [0.1, 0.15) is 6.42 Å². The summed E-state index contributed by atoms with van der Waals surface area (Å²) in [5.41, 5.74) is 0. The zero-order chi connectivity index (χ0) is 5.11. The highest BCUT2D eigenvalue weighted by atomic mass is 28.3. The molecule has 1 radical (unpaired) electrons. The van der Waals surface area contributed by atoms with Crippen LogP contribution in [0.2, 0.25) is 12.6 Å². The molecule has 0 aromatic rings. The molecule has 0 spiro atoms. The molecule has 0 aliphatic carbocycles. The summed E-state index contributed by atoms with van der Waals surface area (Å²) in [6.45, 7) is 3.35. The van der Waals surface area contributed by atoms with E-state index in [-0.39, 0.29) is 8.80 Å². The smallest absolute Gasteiger partial charge is 0.0774 e. The topological polar surface area (TPSA) is 9.23 Å². The summed E-state index contributed by atoms with van der Waals surface area (Å²) in [6, 6.07) is 1.46. The minimum atomic E-state index is -0.0153. The normalized spacial score (nSPS) is 25.3. The molecule has 1 fully saturated rings. The third kappa shape index (κ3) is 1.61. The van der Waals surface area contributed by atoms with Gasteiger partial charge >= 0.3 is 0 Å². The number of ether oxygens (including phenoxy) is 1. The molecule has 1 aliphatic rings. The van der Waals surface area contributed by atoms with Crippen LogP contribution in [0.4, 0.5) is 0 Å². The summed E-state index contributed by atoms with van der Waals surface area (Å²) in [7, 11) is -0.0153. The predicted octanol–water partition coefficient (Wildman–Crippen LogP) is 1.07. The van der Waals surface area contributed by atoms with Crippen LogP contribution in [0.3, 0.4) is 0 Å². The Morgan fingerprint density at radius 3 is 2.71 bits per heavy atom. The lowest BCUT2D eigenvalue weighted by atomic mass is 10.5. The second-order valence-electron chi connectivity index (χ2n) is 2.11. The largest absolute Gasteiger partial charge is 0.385 e. The van der Waals surface area contributed by atoms with Crippen LogP contribution < -0.4 is 0 Å². The van der Waals surface area contributed by atoms with Crippen LogP contribution in [-0.2, 0) is 4.74 Å². The fourth-order valence-corrected chi connectivity index (χ4v) is 2.18. The lowest BCUT2D eigenvalue weighted by Crippen LogP contribution is -2.22. The molecule has 0 amide bonds. The molecule has 1 rings (SSSR count). The van der Waals surface area contributed by atoms with Gasteiger partial charge in [-0.1, -0.05) is 12.6 Å². The number of rotatable bonds is 0. The Balaban J connectivity index is 2.12. The van der Waals surface area contributed by atoms with Gasteiger partial charge in [-0.3, -0.25) is 0 Å². The van der Waals surface area contributed by atoms with E-state index in [1.807, 2.05) is 0 Å². The summed E-state index contributed by atoms with van der Waals surface area (Å²) in [5.74, 6) is 0. The van der Waals surface area contributed by atoms with Gasteiger partial charge in [0.1, 0.15) is 0 Å². The third-order valence-corrected chi connectivity index (χ3v) is 3.14. The van der Waals surface area contributed by atoms with Crippen molar-refractivity contribution in [2.45, 2.75) is 19.0 Å². The van der Waals surface area contributed by atoms with Crippen molar-refractivity contribution in [2.24, 2.45) is 0 Å². The summed E-state index contributed by atoms with van der Waals surface area (Å²) < 4.78 is 5.23.